The highest BCUT2D eigenvalue weighted by Gasteiger charge is 2.32. The molecule has 0 amide bonds. The van der Waals surface area contributed by atoms with Gasteiger partial charge in [0.1, 0.15) is 20.8 Å². The van der Waals surface area contributed by atoms with Gasteiger partial charge >= 0.3 is 6.36 Å². The van der Waals surface area contributed by atoms with E-state index in [2.05, 4.69) is 9.72 Å². The van der Waals surface area contributed by atoms with Gasteiger partial charge in [0, 0.05) is 10.9 Å². The summed E-state index contributed by atoms with van der Waals surface area (Å²) in [5.74, 6) is -0.388. The molecule has 0 radical (unpaired) electrons. The Bertz CT molecular complexity index is 1390. The third kappa shape index (κ3) is 5.07. The predicted octanol–water partition coefficient (Wildman–Crippen LogP) is 6.55. The number of halogens is 4. The first-order valence-electron chi connectivity index (χ1n) is 9.52. The number of fused-ring (bicyclic) bond motifs is 1. The average molecular weight is 513 g/mol. The van der Waals surface area contributed by atoms with Crippen molar-refractivity contribution >= 4 is 48.0 Å². The summed E-state index contributed by atoms with van der Waals surface area (Å²) >= 11 is 7.13. The quantitative estimate of drug-likeness (QED) is 0.275. The van der Waals surface area contributed by atoms with Crippen molar-refractivity contribution in [3.05, 3.63) is 83.1 Å². The van der Waals surface area contributed by atoms with Crippen LogP contribution in [-0.4, -0.2) is 19.8 Å². The number of aryl methyl sites for hydroxylation is 1. The highest BCUT2D eigenvalue weighted by molar-refractivity contribution is 7.93. The molecule has 0 aliphatic carbocycles. The third-order valence-corrected chi connectivity index (χ3v) is 8.18. The monoisotopic (exact) mass is 512 g/mol. The molecule has 0 aliphatic rings. The van der Waals surface area contributed by atoms with Gasteiger partial charge in [-0.05, 0) is 53.8 Å². The maximum absolute atomic E-state index is 13.6. The van der Waals surface area contributed by atoms with Crippen LogP contribution in [0, 0.1) is 6.92 Å². The molecule has 0 fully saturated rings. The normalized spacial score (nSPS) is 12.2. The Hall–Kier alpha value is -2.82. The number of aromatic nitrogens is 1. The van der Waals surface area contributed by atoms with Crippen LogP contribution in [0.15, 0.2) is 71.8 Å². The summed E-state index contributed by atoms with van der Waals surface area (Å²) in [4.78, 5) is 3.82. The van der Waals surface area contributed by atoms with Gasteiger partial charge in [-0.1, -0.05) is 41.9 Å². The Morgan fingerprint density at radius 2 is 1.76 bits per heavy atom. The highest BCUT2D eigenvalue weighted by Crippen LogP contribution is 2.40. The predicted molar refractivity (Wildman–Crippen MR) is 122 cm³/mol. The number of hydrogen-bond acceptors (Lipinski definition) is 5. The molecule has 0 unspecified atom stereocenters. The molecule has 0 bridgehead atoms. The van der Waals surface area contributed by atoms with Crippen LogP contribution >= 0.6 is 22.9 Å². The van der Waals surface area contributed by atoms with Crippen LogP contribution in [0.3, 0.4) is 0 Å². The Morgan fingerprint density at radius 1 is 1.06 bits per heavy atom. The van der Waals surface area contributed by atoms with E-state index in [4.69, 9.17) is 11.6 Å². The van der Waals surface area contributed by atoms with Crippen molar-refractivity contribution in [2.75, 3.05) is 4.31 Å². The zero-order valence-electron chi connectivity index (χ0n) is 17.0. The maximum Gasteiger partial charge on any atom is 0.573 e. The zero-order chi connectivity index (χ0) is 23.8. The number of rotatable bonds is 6. The van der Waals surface area contributed by atoms with E-state index in [0.29, 0.717) is 10.6 Å². The average Bonchev–Trinajstić information content (AvgIpc) is 3.08. The number of pyridine rings is 1. The molecule has 172 valence electrons. The number of benzene rings is 2. The molecule has 4 aromatic rings. The number of anilines is 1. The molecule has 33 heavy (non-hydrogen) atoms. The van der Waals surface area contributed by atoms with Crippen molar-refractivity contribution in [3.8, 4) is 5.75 Å². The van der Waals surface area contributed by atoms with Gasteiger partial charge in [0.2, 0.25) is 0 Å². The highest BCUT2D eigenvalue weighted by atomic mass is 35.5. The molecule has 0 spiro atoms. The lowest BCUT2D eigenvalue weighted by Crippen LogP contribution is -2.30. The Morgan fingerprint density at radius 3 is 2.36 bits per heavy atom. The third-order valence-electron chi connectivity index (χ3n) is 4.82. The fraction of sp³-hybridized carbons (Fsp3) is 0.136. The van der Waals surface area contributed by atoms with Gasteiger partial charge in [0.25, 0.3) is 10.0 Å². The van der Waals surface area contributed by atoms with Crippen LogP contribution in [0.25, 0.3) is 10.1 Å². The standard InChI is InChI=1S/C22H16ClF3N2O3S2/c1-14-18-4-2-3-5-19(18)32-21(14)28(33(29,30)17-10-11-20(23)27-12-17)13-15-6-8-16(9-7-15)31-22(24,25)26/h2-12H,13H2,1H3. The first kappa shape index (κ1) is 23.3. The first-order valence-corrected chi connectivity index (χ1v) is 12.2. The molecule has 2 heterocycles. The Labute approximate surface area is 197 Å². The second kappa shape index (κ2) is 8.85. The lowest BCUT2D eigenvalue weighted by molar-refractivity contribution is -0.274. The van der Waals surface area contributed by atoms with Crippen LogP contribution in [-0.2, 0) is 16.6 Å². The van der Waals surface area contributed by atoms with Crippen molar-refractivity contribution < 1.29 is 26.3 Å². The molecule has 2 aromatic carbocycles. The summed E-state index contributed by atoms with van der Waals surface area (Å²) in [6.07, 6.45) is -3.64. The minimum Gasteiger partial charge on any atom is -0.406 e. The summed E-state index contributed by atoms with van der Waals surface area (Å²) in [7, 11) is -4.07. The van der Waals surface area contributed by atoms with Crippen molar-refractivity contribution in [1.29, 1.82) is 0 Å². The lowest BCUT2D eigenvalue weighted by Gasteiger charge is -2.24. The van der Waals surface area contributed by atoms with Gasteiger partial charge in [0.05, 0.1) is 6.54 Å². The van der Waals surface area contributed by atoms with Gasteiger partial charge in [-0.3, -0.25) is 4.31 Å². The summed E-state index contributed by atoms with van der Waals surface area (Å²) in [5, 5.41) is 1.57. The van der Waals surface area contributed by atoms with Crippen molar-refractivity contribution in [1.82, 2.24) is 4.98 Å². The molecule has 0 aliphatic heterocycles. The molecule has 11 heteroatoms. The van der Waals surface area contributed by atoms with Gasteiger partial charge in [0.15, 0.2) is 0 Å². The minimum absolute atomic E-state index is 0.0548. The van der Waals surface area contributed by atoms with Crippen LogP contribution in [0.4, 0.5) is 18.2 Å². The van der Waals surface area contributed by atoms with Crippen molar-refractivity contribution in [2.45, 2.75) is 24.7 Å². The molecule has 0 N–H and O–H groups in total. The van der Waals surface area contributed by atoms with Crippen molar-refractivity contribution in [2.24, 2.45) is 0 Å². The Kier molecular flexibility index (Phi) is 6.26. The van der Waals surface area contributed by atoms with E-state index in [1.54, 1.807) is 0 Å². The second-order valence-electron chi connectivity index (χ2n) is 7.05. The summed E-state index contributed by atoms with van der Waals surface area (Å²) in [6, 6.07) is 15.4. The van der Waals surface area contributed by atoms with Crippen LogP contribution in [0.1, 0.15) is 11.1 Å². The zero-order valence-corrected chi connectivity index (χ0v) is 19.4. The van der Waals surface area contributed by atoms with E-state index in [-0.39, 0.29) is 22.3 Å². The van der Waals surface area contributed by atoms with Crippen LogP contribution in [0.5, 0.6) is 5.75 Å². The van der Waals surface area contributed by atoms with Gasteiger partial charge < -0.3 is 4.74 Å². The van der Waals surface area contributed by atoms with Gasteiger partial charge in [-0.15, -0.1) is 24.5 Å². The molecule has 0 atom stereocenters. The largest absolute Gasteiger partial charge is 0.573 e. The SMILES string of the molecule is Cc1c(N(Cc2ccc(OC(F)(F)F)cc2)S(=O)(=O)c2ccc(Cl)nc2)sc2ccccc12. The van der Waals surface area contributed by atoms with Crippen molar-refractivity contribution in [3.63, 3.8) is 0 Å². The van der Waals surface area contributed by atoms with E-state index in [0.717, 1.165) is 27.8 Å². The summed E-state index contributed by atoms with van der Waals surface area (Å²) < 4.78 is 70.7. The molecular weight excluding hydrogens is 497 g/mol. The second-order valence-corrected chi connectivity index (χ2v) is 10.3. The summed E-state index contributed by atoms with van der Waals surface area (Å²) in [6.45, 7) is 1.72. The first-order chi connectivity index (χ1) is 15.5. The van der Waals surface area contributed by atoms with E-state index in [1.165, 1.54) is 46.1 Å². The maximum atomic E-state index is 13.6. The van der Waals surface area contributed by atoms with E-state index in [9.17, 15) is 21.6 Å². The number of alkyl halides is 3. The molecule has 2 aromatic heterocycles. The fourth-order valence-electron chi connectivity index (χ4n) is 3.27. The lowest BCUT2D eigenvalue weighted by atomic mass is 10.2. The Balaban J connectivity index is 1.77. The smallest absolute Gasteiger partial charge is 0.406 e. The van der Waals surface area contributed by atoms with Gasteiger partial charge in [-0.25, -0.2) is 13.4 Å². The van der Waals surface area contributed by atoms with Gasteiger partial charge in [-0.2, -0.15) is 0 Å². The molecule has 0 saturated heterocycles. The number of hydrogen-bond donors (Lipinski definition) is 0. The van der Waals surface area contributed by atoms with Crippen LogP contribution in [0.2, 0.25) is 5.15 Å². The number of sulfonamides is 1. The topological polar surface area (TPSA) is 59.5 Å². The molecule has 0 saturated carbocycles. The van der Waals surface area contributed by atoms with Crippen LogP contribution < -0.4 is 9.04 Å². The molecule has 4 rings (SSSR count). The van der Waals surface area contributed by atoms with E-state index < -0.39 is 16.4 Å². The minimum atomic E-state index is -4.81. The fourth-order valence-corrected chi connectivity index (χ4v) is 6.26. The number of nitrogens with zero attached hydrogens (tertiary/aromatic N) is 2. The molecular formula is C22H16ClF3N2O3S2. The number of thiophene rings is 1. The molecule has 5 nitrogen and oxygen atoms in total. The van der Waals surface area contributed by atoms with E-state index >= 15 is 0 Å². The summed E-state index contributed by atoms with van der Waals surface area (Å²) in [5.41, 5.74) is 1.25. The van der Waals surface area contributed by atoms with E-state index in [1.807, 2.05) is 31.2 Å². The number of ether oxygens (including phenoxy) is 1.